The lowest BCUT2D eigenvalue weighted by molar-refractivity contribution is -0.133. The Morgan fingerprint density at radius 3 is 2.60 bits per heavy atom. The summed E-state index contributed by atoms with van der Waals surface area (Å²) in [6.07, 6.45) is 4.18. The summed E-state index contributed by atoms with van der Waals surface area (Å²) in [4.78, 5) is 14.4. The fourth-order valence-corrected chi connectivity index (χ4v) is 3.38. The molecule has 0 aromatic rings. The van der Waals surface area contributed by atoms with Crippen molar-refractivity contribution in [2.24, 2.45) is 11.3 Å². The van der Waals surface area contributed by atoms with Gasteiger partial charge in [-0.25, -0.2) is 0 Å². The molecule has 2 rings (SSSR count). The molecule has 2 aliphatic heterocycles. The second kappa shape index (κ2) is 7.62. The Labute approximate surface area is 128 Å². The van der Waals surface area contributed by atoms with E-state index in [0.717, 1.165) is 45.3 Å². The number of rotatable bonds is 2. The third-order valence-corrected chi connectivity index (χ3v) is 4.41. The Bertz CT molecular complexity index is 317. The molecule has 0 bridgehead atoms. The number of aliphatic hydroxyl groups is 1. The Kier molecular flexibility index (Phi) is 6.76. The normalized spacial score (nSPS) is 27.6. The number of nitrogens with one attached hydrogen (secondary N) is 1. The van der Waals surface area contributed by atoms with Crippen LogP contribution in [0.2, 0.25) is 0 Å². The highest BCUT2D eigenvalue weighted by Gasteiger charge is 2.31. The van der Waals surface area contributed by atoms with Gasteiger partial charge in [-0.3, -0.25) is 4.79 Å². The van der Waals surface area contributed by atoms with Crippen molar-refractivity contribution in [1.29, 1.82) is 0 Å². The molecule has 2 saturated heterocycles. The minimum atomic E-state index is -0.258. The van der Waals surface area contributed by atoms with Gasteiger partial charge in [0, 0.05) is 19.5 Å². The molecule has 2 heterocycles. The van der Waals surface area contributed by atoms with Crippen LogP contribution in [0, 0.1) is 11.3 Å². The first-order chi connectivity index (χ1) is 8.96. The molecule has 0 aliphatic carbocycles. The number of carbonyl (C=O) groups excluding carboxylic acids is 1. The first kappa shape index (κ1) is 17.7. The molecule has 20 heavy (non-hydrogen) atoms. The lowest BCUT2D eigenvalue weighted by Gasteiger charge is -2.31. The Morgan fingerprint density at radius 2 is 1.95 bits per heavy atom. The van der Waals surface area contributed by atoms with Crippen molar-refractivity contribution in [3.8, 4) is 0 Å². The molecule has 0 radical (unpaired) electrons. The van der Waals surface area contributed by atoms with E-state index in [2.05, 4.69) is 19.2 Å². The maximum Gasteiger partial charge on any atom is 0.222 e. The summed E-state index contributed by atoms with van der Waals surface area (Å²) < 4.78 is 0. The zero-order valence-electron chi connectivity index (χ0n) is 12.7. The van der Waals surface area contributed by atoms with Gasteiger partial charge >= 0.3 is 0 Å². The van der Waals surface area contributed by atoms with Crippen molar-refractivity contribution < 1.29 is 9.90 Å². The van der Waals surface area contributed by atoms with Gasteiger partial charge in [-0.15, -0.1) is 12.4 Å². The topological polar surface area (TPSA) is 52.6 Å². The Hall–Kier alpha value is -0.320. The standard InChI is InChI=1S/C15H28N2O2.ClH/c1-15(2)10-13(18)5-8-17(11-15)14(19)9-12-3-6-16-7-4-12;/h12-13,16,18H,3-11H2,1-2H3;1H. The fourth-order valence-electron chi connectivity index (χ4n) is 3.38. The number of carbonyl (C=O) groups is 1. The molecule has 5 heteroatoms. The molecule has 0 aromatic heterocycles. The monoisotopic (exact) mass is 304 g/mol. The van der Waals surface area contributed by atoms with E-state index in [9.17, 15) is 9.90 Å². The molecule has 2 aliphatic rings. The van der Waals surface area contributed by atoms with Gasteiger partial charge in [0.1, 0.15) is 0 Å². The van der Waals surface area contributed by atoms with Crippen LogP contribution in [0.4, 0.5) is 0 Å². The van der Waals surface area contributed by atoms with Gasteiger partial charge in [0.05, 0.1) is 6.10 Å². The van der Waals surface area contributed by atoms with E-state index in [4.69, 9.17) is 0 Å². The Balaban J connectivity index is 0.00000200. The van der Waals surface area contributed by atoms with E-state index in [-0.39, 0.29) is 29.8 Å². The lowest BCUT2D eigenvalue weighted by atomic mass is 9.86. The quantitative estimate of drug-likeness (QED) is 0.818. The van der Waals surface area contributed by atoms with Gasteiger partial charge in [0.25, 0.3) is 0 Å². The number of amides is 1. The number of aliphatic hydroxyl groups excluding tert-OH is 1. The van der Waals surface area contributed by atoms with E-state index in [1.807, 2.05) is 4.90 Å². The third-order valence-electron chi connectivity index (χ3n) is 4.41. The maximum absolute atomic E-state index is 12.4. The first-order valence-electron chi connectivity index (χ1n) is 7.63. The van der Waals surface area contributed by atoms with Gasteiger partial charge in [-0.05, 0) is 50.1 Å². The third kappa shape index (κ3) is 5.23. The number of halogens is 1. The summed E-state index contributed by atoms with van der Waals surface area (Å²) in [5.74, 6) is 0.833. The van der Waals surface area contributed by atoms with Gasteiger partial charge in [-0.1, -0.05) is 13.8 Å². The maximum atomic E-state index is 12.4. The minimum Gasteiger partial charge on any atom is -0.393 e. The highest BCUT2D eigenvalue weighted by Crippen LogP contribution is 2.29. The first-order valence-corrected chi connectivity index (χ1v) is 7.63. The van der Waals surface area contributed by atoms with Crippen molar-refractivity contribution >= 4 is 18.3 Å². The van der Waals surface area contributed by atoms with Crippen molar-refractivity contribution in [2.45, 2.75) is 52.1 Å². The summed E-state index contributed by atoms with van der Waals surface area (Å²) >= 11 is 0. The summed E-state index contributed by atoms with van der Waals surface area (Å²) in [5.41, 5.74) is 0.0275. The van der Waals surface area contributed by atoms with Crippen molar-refractivity contribution in [3.05, 3.63) is 0 Å². The van der Waals surface area contributed by atoms with Crippen molar-refractivity contribution in [1.82, 2.24) is 10.2 Å². The summed E-state index contributed by atoms with van der Waals surface area (Å²) in [7, 11) is 0. The second-order valence-electron chi connectivity index (χ2n) is 7.02. The lowest BCUT2D eigenvalue weighted by Crippen LogP contribution is -2.39. The Morgan fingerprint density at radius 1 is 1.30 bits per heavy atom. The van der Waals surface area contributed by atoms with Gasteiger partial charge < -0.3 is 15.3 Å². The second-order valence-corrected chi connectivity index (χ2v) is 7.02. The van der Waals surface area contributed by atoms with Crippen LogP contribution in [-0.2, 0) is 4.79 Å². The number of hydrogen-bond donors (Lipinski definition) is 2. The zero-order valence-corrected chi connectivity index (χ0v) is 13.5. The molecule has 0 aromatic carbocycles. The van der Waals surface area contributed by atoms with Crippen LogP contribution in [0.25, 0.3) is 0 Å². The average molecular weight is 305 g/mol. The highest BCUT2D eigenvalue weighted by molar-refractivity contribution is 5.85. The highest BCUT2D eigenvalue weighted by atomic mass is 35.5. The molecule has 118 valence electrons. The molecule has 4 nitrogen and oxygen atoms in total. The molecule has 0 spiro atoms. The van der Waals surface area contributed by atoms with Crippen LogP contribution in [0.1, 0.15) is 46.0 Å². The fraction of sp³-hybridized carbons (Fsp3) is 0.933. The molecular weight excluding hydrogens is 276 g/mol. The van der Waals surface area contributed by atoms with E-state index >= 15 is 0 Å². The van der Waals surface area contributed by atoms with Crippen LogP contribution >= 0.6 is 12.4 Å². The molecule has 1 amide bonds. The summed E-state index contributed by atoms with van der Waals surface area (Å²) in [6, 6.07) is 0. The van der Waals surface area contributed by atoms with Crippen LogP contribution in [-0.4, -0.2) is 48.2 Å². The molecular formula is C15H29ClN2O2. The number of hydrogen-bond acceptors (Lipinski definition) is 3. The predicted octanol–water partition coefficient (Wildman–Crippen LogP) is 1.81. The summed E-state index contributed by atoms with van der Waals surface area (Å²) in [6.45, 7) is 7.88. The molecule has 2 fully saturated rings. The van der Waals surface area contributed by atoms with E-state index in [1.165, 1.54) is 0 Å². The SMILES string of the molecule is CC1(C)CC(O)CCN(C(=O)CC2CCNCC2)C1.Cl. The average Bonchev–Trinajstić information content (AvgIpc) is 2.48. The minimum absolute atomic E-state index is 0. The smallest absolute Gasteiger partial charge is 0.222 e. The van der Waals surface area contributed by atoms with E-state index in [0.29, 0.717) is 18.9 Å². The number of nitrogens with zero attached hydrogens (tertiary/aromatic N) is 1. The van der Waals surface area contributed by atoms with E-state index in [1.54, 1.807) is 0 Å². The van der Waals surface area contributed by atoms with E-state index < -0.39 is 0 Å². The van der Waals surface area contributed by atoms with Crippen LogP contribution in [0.15, 0.2) is 0 Å². The predicted molar refractivity (Wildman–Crippen MR) is 83.1 cm³/mol. The summed E-state index contributed by atoms with van der Waals surface area (Å²) in [5, 5.41) is 13.2. The van der Waals surface area contributed by atoms with Crippen LogP contribution in [0.3, 0.4) is 0 Å². The van der Waals surface area contributed by atoms with Gasteiger partial charge in [0.2, 0.25) is 5.91 Å². The van der Waals surface area contributed by atoms with Gasteiger partial charge in [0.15, 0.2) is 0 Å². The van der Waals surface area contributed by atoms with Crippen LogP contribution < -0.4 is 5.32 Å². The van der Waals surface area contributed by atoms with Crippen molar-refractivity contribution in [3.63, 3.8) is 0 Å². The molecule has 0 saturated carbocycles. The zero-order chi connectivity index (χ0) is 13.9. The number of piperidine rings is 1. The number of likely N-dealkylation sites (tertiary alicyclic amines) is 1. The molecule has 1 atom stereocenters. The van der Waals surface area contributed by atoms with Gasteiger partial charge in [-0.2, -0.15) is 0 Å². The van der Waals surface area contributed by atoms with Crippen LogP contribution in [0.5, 0.6) is 0 Å². The molecule has 1 unspecified atom stereocenters. The van der Waals surface area contributed by atoms with Crippen molar-refractivity contribution in [2.75, 3.05) is 26.2 Å². The molecule has 2 N–H and O–H groups in total. The largest absolute Gasteiger partial charge is 0.393 e.